The number of fused-ring (bicyclic) bond motifs is 5. The van der Waals surface area contributed by atoms with Gasteiger partial charge in [0.15, 0.2) is 0 Å². The number of aryl methyl sites for hydroxylation is 1. The molecule has 5 nitrogen and oxygen atoms in total. The summed E-state index contributed by atoms with van der Waals surface area (Å²) in [5, 5.41) is 0.127. The maximum absolute atomic E-state index is 12.9. The fraction of sp³-hybridized carbons (Fsp3) is 0.357. The number of imidazole rings is 1. The van der Waals surface area contributed by atoms with Gasteiger partial charge in [-0.1, -0.05) is 24.3 Å². The van der Waals surface area contributed by atoms with E-state index >= 15 is 0 Å². The number of aromatic nitrogens is 2. The molecule has 0 spiro atoms. The Hall–Kier alpha value is -1.66. The Kier molecular flexibility index (Phi) is 2.38. The van der Waals surface area contributed by atoms with Crippen molar-refractivity contribution < 1.29 is 8.42 Å². The summed E-state index contributed by atoms with van der Waals surface area (Å²) in [6.45, 7) is 0. The Labute approximate surface area is 117 Å². The third kappa shape index (κ3) is 1.40. The zero-order valence-corrected chi connectivity index (χ0v) is 11.9. The van der Waals surface area contributed by atoms with E-state index in [-0.39, 0.29) is 17.2 Å². The number of benzene rings is 1. The first kappa shape index (κ1) is 12.1. The molecule has 2 unspecified atom stereocenters. The molecule has 2 atom stereocenters. The summed E-state index contributed by atoms with van der Waals surface area (Å²) in [5.41, 5.74) is 2.31. The molecule has 1 fully saturated rings. The molecule has 1 saturated heterocycles. The smallest absolute Gasteiger partial charge is 0.278 e. The normalized spacial score (nSPS) is 25.1. The van der Waals surface area contributed by atoms with Gasteiger partial charge >= 0.3 is 0 Å². The summed E-state index contributed by atoms with van der Waals surface area (Å²) in [4.78, 5) is 4.02. The van der Waals surface area contributed by atoms with E-state index in [2.05, 4.69) is 4.98 Å². The van der Waals surface area contributed by atoms with Crippen molar-refractivity contribution in [1.29, 1.82) is 0 Å². The lowest BCUT2D eigenvalue weighted by molar-refractivity contribution is 0.360. The number of sulfonamides is 1. The van der Waals surface area contributed by atoms with E-state index in [1.54, 1.807) is 22.1 Å². The largest absolute Gasteiger partial charge is 0.324 e. The Morgan fingerprint density at radius 1 is 1.15 bits per heavy atom. The van der Waals surface area contributed by atoms with Gasteiger partial charge in [-0.15, -0.1) is 0 Å². The monoisotopic (exact) mass is 289 g/mol. The first-order valence-electron chi connectivity index (χ1n) is 6.70. The summed E-state index contributed by atoms with van der Waals surface area (Å²) >= 11 is 0. The molecule has 4 rings (SSSR count). The fourth-order valence-corrected chi connectivity index (χ4v) is 5.44. The quantitative estimate of drug-likeness (QED) is 0.849. The molecule has 2 aliphatic heterocycles. The van der Waals surface area contributed by atoms with Crippen LogP contribution in [-0.2, 0) is 17.1 Å². The SMILES string of the molecule is Cn1ccnc1S(=O)(=O)N1C2CCC1c1ccccc12. The number of hydrogen-bond donors (Lipinski definition) is 0. The topological polar surface area (TPSA) is 55.2 Å². The average molecular weight is 289 g/mol. The van der Waals surface area contributed by atoms with Crippen LogP contribution in [-0.4, -0.2) is 22.3 Å². The van der Waals surface area contributed by atoms with E-state index in [0.29, 0.717) is 0 Å². The Balaban J connectivity index is 1.85. The summed E-state index contributed by atoms with van der Waals surface area (Å²) in [7, 11) is -1.83. The van der Waals surface area contributed by atoms with Crippen LogP contribution < -0.4 is 0 Å². The zero-order valence-electron chi connectivity index (χ0n) is 11.1. The van der Waals surface area contributed by atoms with Gasteiger partial charge in [0.05, 0.1) is 12.1 Å². The average Bonchev–Trinajstić information content (AvgIpc) is 3.12. The second-order valence-corrected chi connectivity index (χ2v) is 7.13. The highest BCUT2D eigenvalue weighted by molar-refractivity contribution is 7.89. The van der Waals surface area contributed by atoms with Crippen LogP contribution >= 0.6 is 0 Å². The van der Waals surface area contributed by atoms with Crippen molar-refractivity contribution in [1.82, 2.24) is 13.9 Å². The van der Waals surface area contributed by atoms with Gasteiger partial charge in [0.25, 0.3) is 10.0 Å². The lowest BCUT2D eigenvalue weighted by atomic mass is 9.92. The van der Waals surface area contributed by atoms with E-state index < -0.39 is 10.0 Å². The highest BCUT2D eigenvalue weighted by atomic mass is 32.2. The fourth-order valence-electron chi connectivity index (χ4n) is 3.52. The van der Waals surface area contributed by atoms with Gasteiger partial charge in [0.1, 0.15) is 0 Å². The molecule has 3 heterocycles. The van der Waals surface area contributed by atoms with Crippen molar-refractivity contribution in [3.8, 4) is 0 Å². The zero-order chi connectivity index (χ0) is 13.9. The minimum atomic E-state index is -3.54. The minimum Gasteiger partial charge on any atom is -0.324 e. The molecule has 1 aromatic heterocycles. The van der Waals surface area contributed by atoms with Crippen LogP contribution in [0.25, 0.3) is 0 Å². The van der Waals surface area contributed by atoms with Crippen LogP contribution in [0.3, 0.4) is 0 Å². The highest BCUT2D eigenvalue weighted by Gasteiger charge is 2.50. The second-order valence-electron chi connectivity index (χ2n) is 5.39. The molecular formula is C14H15N3O2S. The Morgan fingerprint density at radius 3 is 2.25 bits per heavy atom. The van der Waals surface area contributed by atoms with Crippen LogP contribution in [0.4, 0.5) is 0 Å². The van der Waals surface area contributed by atoms with Crippen molar-refractivity contribution in [3.05, 3.63) is 47.8 Å². The molecule has 2 aromatic rings. The molecule has 104 valence electrons. The first-order chi connectivity index (χ1) is 9.60. The molecule has 0 amide bonds. The van der Waals surface area contributed by atoms with Crippen LogP contribution in [0, 0.1) is 0 Å². The van der Waals surface area contributed by atoms with Gasteiger partial charge in [-0.2, -0.15) is 4.31 Å². The molecule has 20 heavy (non-hydrogen) atoms. The third-order valence-electron chi connectivity index (χ3n) is 4.33. The standard InChI is InChI=1S/C14H15N3O2S/c1-16-9-8-15-14(16)20(18,19)17-12-6-7-13(17)11-5-3-2-4-10(11)12/h2-5,8-9,12-13H,6-7H2,1H3. The van der Waals surface area contributed by atoms with Crippen molar-refractivity contribution >= 4 is 10.0 Å². The van der Waals surface area contributed by atoms with Crippen molar-refractivity contribution in [2.45, 2.75) is 30.1 Å². The van der Waals surface area contributed by atoms with Gasteiger partial charge in [-0.3, -0.25) is 0 Å². The molecular weight excluding hydrogens is 274 g/mol. The van der Waals surface area contributed by atoms with Crippen molar-refractivity contribution in [2.24, 2.45) is 7.05 Å². The predicted molar refractivity (Wildman–Crippen MR) is 73.4 cm³/mol. The van der Waals surface area contributed by atoms with Gasteiger partial charge in [-0.05, 0) is 24.0 Å². The maximum Gasteiger partial charge on any atom is 0.278 e. The van der Waals surface area contributed by atoms with Gasteiger partial charge < -0.3 is 4.57 Å². The number of rotatable bonds is 2. The summed E-state index contributed by atoms with van der Waals surface area (Å²) in [5.74, 6) is 0. The molecule has 2 bridgehead atoms. The highest BCUT2D eigenvalue weighted by Crippen LogP contribution is 2.55. The molecule has 0 aliphatic carbocycles. The van der Waals surface area contributed by atoms with Crippen LogP contribution in [0.5, 0.6) is 0 Å². The second kappa shape index (κ2) is 3.93. The molecule has 6 heteroatoms. The lowest BCUT2D eigenvalue weighted by Gasteiger charge is -2.21. The summed E-state index contributed by atoms with van der Waals surface area (Å²) in [6.07, 6.45) is 4.98. The van der Waals surface area contributed by atoms with E-state index in [4.69, 9.17) is 0 Å². The third-order valence-corrected chi connectivity index (χ3v) is 6.25. The minimum absolute atomic E-state index is 0.0297. The Morgan fingerprint density at radius 2 is 1.75 bits per heavy atom. The molecule has 0 N–H and O–H groups in total. The van der Waals surface area contributed by atoms with E-state index in [0.717, 1.165) is 24.0 Å². The van der Waals surface area contributed by atoms with E-state index in [1.807, 2.05) is 24.3 Å². The first-order valence-corrected chi connectivity index (χ1v) is 8.14. The Bertz CT molecular complexity index is 750. The van der Waals surface area contributed by atoms with Crippen LogP contribution in [0.1, 0.15) is 36.1 Å². The van der Waals surface area contributed by atoms with Crippen molar-refractivity contribution in [3.63, 3.8) is 0 Å². The molecule has 0 saturated carbocycles. The van der Waals surface area contributed by atoms with E-state index in [1.165, 1.54) is 6.20 Å². The number of nitrogens with zero attached hydrogens (tertiary/aromatic N) is 3. The van der Waals surface area contributed by atoms with Gasteiger partial charge in [0.2, 0.25) is 5.16 Å². The summed E-state index contributed by atoms with van der Waals surface area (Å²) in [6, 6.07) is 7.98. The predicted octanol–water partition coefficient (Wildman–Crippen LogP) is 2.00. The van der Waals surface area contributed by atoms with Crippen molar-refractivity contribution in [2.75, 3.05) is 0 Å². The van der Waals surface area contributed by atoms with E-state index in [9.17, 15) is 8.42 Å². The van der Waals surface area contributed by atoms with Gasteiger partial charge in [0, 0.05) is 19.4 Å². The van der Waals surface area contributed by atoms with Crippen LogP contribution in [0.2, 0.25) is 0 Å². The maximum atomic E-state index is 12.9. The van der Waals surface area contributed by atoms with Gasteiger partial charge in [-0.25, -0.2) is 13.4 Å². The summed E-state index contributed by atoms with van der Waals surface area (Å²) < 4.78 is 29.0. The molecule has 2 aliphatic rings. The lowest BCUT2D eigenvalue weighted by Crippen LogP contribution is -2.30. The number of hydrogen-bond acceptors (Lipinski definition) is 3. The molecule has 1 aromatic carbocycles. The van der Waals surface area contributed by atoms with Crippen LogP contribution in [0.15, 0.2) is 41.8 Å². The molecule has 0 radical (unpaired) electrons.